The van der Waals surface area contributed by atoms with Crippen LogP contribution in [0.5, 0.6) is 0 Å². The number of hydrogen-bond acceptors (Lipinski definition) is 5. The number of ether oxygens (including phenoxy) is 1. The van der Waals surface area contributed by atoms with Gasteiger partial charge in [0.15, 0.2) is 0 Å². The normalized spacial score (nSPS) is 17.3. The van der Waals surface area contributed by atoms with Crippen LogP contribution in [0.3, 0.4) is 0 Å². The molecule has 1 saturated heterocycles. The Balaban J connectivity index is 1.69. The van der Waals surface area contributed by atoms with Crippen molar-refractivity contribution in [1.82, 2.24) is 0 Å². The lowest BCUT2D eigenvalue weighted by Gasteiger charge is -2.33. The Hall–Kier alpha value is -1.20. The summed E-state index contributed by atoms with van der Waals surface area (Å²) in [5, 5.41) is 0. The first-order chi connectivity index (χ1) is 10.6. The van der Waals surface area contributed by atoms with E-state index >= 15 is 0 Å². The monoisotopic (exact) mass is 322 g/mol. The Labute approximate surface area is 138 Å². The lowest BCUT2D eigenvalue weighted by Crippen LogP contribution is -2.35. The Bertz CT molecular complexity index is 470. The van der Waals surface area contributed by atoms with Crippen molar-refractivity contribution >= 4 is 24.3 Å². The lowest BCUT2D eigenvalue weighted by molar-refractivity contribution is -0.145. The van der Waals surface area contributed by atoms with Gasteiger partial charge in [0.05, 0.1) is 6.61 Å². The van der Waals surface area contributed by atoms with Crippen LogP contribution in [0.2, 0.25) is 0 Å². The van der Waals surface area contributed by atoms with E-state index in [-0.39, 0.29) is 5.97 Å². The molecule has 0 aromatic heterocycles. The van der Waals surface area contributed by atoms with Gasteiger partial charge in [-0.25, -0.2) is 0 Å². The summed E-state index contributed by atoms with van der Waals surface area (Å²) in [5.74, 6) is 0.613. The van der Waals surface area contributed by atoms with Gasteiger partial charge in [0.2, 0.25) is 0 Å². The Kier molecular flexibility index (Phi) is 6.58. The smallest absolute Gasteiger partial charge is 0.323 e. The number of benzene rings is 1. The number of thiol groups is 1. The molecule has 2 N–H and O–H groups in total. The summed E-state index contributed by atoms with van der Waals surface area (Å²) in [6, 6.07) is 8.09. The van der Waals surface area contributed by atoms with Crippen molar-refractivity contribution in [3.05, 3.63) is 29.8 Å². The molecule has 2 rings (SSSR count). The lowest BCUT2D eigenvalue weighted by atomic mass is 9.93. The molecular formula is C17H26N2O2S. The molecule has 1 aromatic carbocycles. The van der Waals surface area contributed by atoms with Gasteiger partial charge in [0, 0.05) is 24.5 Å². The van der Waals surface area contributed by atoms with E-state index in [1.54, 1.807) is 0 Å². The zero-order chi connectivity index (χ0) is 15.9. The first kappa shape index (κ1) is 17.2. The molecule has 22 heavy (non-hydrogen) atoms. The van der Waals surface area contributed by atoms with Crippen LogP contribution in [0.15, 0.2) is 24.3 Å². The second-order valence-electron chi connectivity index (χ2n) is 6.01. The number of nitrogens with zero attached hydrogens (tertiary/aromatic N) is 1. The van der Waals surface area contributed by atoms with Gasteiger partial charge >= 0.3 is 5.97 Å². The van der Waals surface area contributed by atoms with Gasteiger partial charge in [-0.2, -0.15) is 12.6 Å². The minimum absolute atomic E-state index is 0.327. The molecule has 5 heteroatoms. The van der Waals surface area contributed by atoms with E-state index in [0.717, 1.165) is 32.4 Å². The molecule has 122 valence electrons. The molecule has 0 saturated carbocycles. The largest absolute Gasteiger partial charge is 0.464 e. The van der Waals surface area contributed by atoms with E-state index in [1.165, 1.54) is 11.3 Å². The van der Waals surface area contributed by atoms with Crippen molar-refractivity contribution in [2.75, 3.05) is 30.3 Å². The van der Waals surface area contributed by atoms with Crippen molar-refractivity contribution in [3.63, 3.8) is 0 Å². The fourth-order valence-corrected chi connectivity index (χ4v) is 2.89. The summed E-state index contributed by atoms with van der Waals surface area (Å²) >= 11 is 4.00. The van der Waals surface area contributed by atoms with E-state index in [9.17, 15) is 4.79 Å². The number of hydrogen-bond donors (Lipinski definition) is 2. The average Bonchev–Trinajstić information content (AvgIpc) is 2.55. The average molecular weight is 322 g/mol. The molecular weight excluding hydrogens is 296 g/mol. The van der Waals surface area contributed by atoms with E-state index < -0.39 is 6.04 Å². The topological polar surface area (TPSA) is 55.6 Å². The van der Waals surface area contributed by atoms with Gasteiger partial charge in [0.25, 0.3) is 0 Å². The fraction of sp³-hybridized carbons (Fsp3) is 0.588. The first-order valence-electron chi connectivity index (χ1n) is 7.95. The number of nitrogens with two attached hydrogens (primary N) is 1. The number of aryl methyl sites for hydroxylation is 1. The molecule has 0 spiro atoms. The standard InChI is InChI=1S/C17H26N2O2S/c1-13-2-4-15(5-3-13)19-9-6-14(7-10-19)8-11-21-17(20)16(18)12-22/h2-5,14,16,22H,6-12,18H2,1H3. The zero-order valence-corrected chi connectivity index (χ0v) is 14.1. The number of esters is 1. The van der Waals surface area contributed by atoms with Crippen molar-refractivity contribution in [3.8, 4) is 0 Å². The SMILES string of the molecule is Cc1ccc(N2CCC(CCOC(=O)C(N)CS)CC2)cc1. The molecule has 1 fully saturated rings. The van der Waals surface area contributed by atoms with Crippen molar-refractivity contribution in [1.29, 1.82) is 0 Å². The summed E-state index contributed by atoms with van der Waals surface area (Å²) < 4.78 is 5.20. The number of anilines is 1. The number of carbonyl (C=O) groups excluding carboxylic acids is 1. The Morgan fingerprint density at radius 1 is 1.36 bits per heavy atom. The summed E-state index contributed by atoms with van der Waals surface area (Å²) in [7, 11) is 0. The van der Waals surface area contributed by atoms with E-state index in [1.807, 2.05) is 0 Å². The minimum Gasteiger partial charge on any atom is -0.464 e. The Morgan fingerprint density at radius 3 is 2.59 bits per heavy atom. The van der Waals surface area contributed by atoms with Crippen molar-refractivity contribution in [2.24, 2.45) is 11.7 Å². The van der Waals surface area contributed by atoms with Crippen molar-refractivity contribution < 1.29 is 9.53 Å². The van der Waals surface area contributed by atoms with Gasteiger partial charge in [0.1, 0.15) is 6.04 Å². The molecule has 0 bridgehead atoms. The van der Waals surface area contributed by atoms with Crippen LogP contribution in [-0.4, -0.2) is 37.5 Å². The Morgan fingerprint density at radius 2 is 2.00 bits per heavy atom. The molecule has 1 aliphatic heterocycles. The highest BCUT2D eigenvalue weighted by atomic mass is 32.1. The third-order valence-electron chi connectivity index (χ3n) is 4.28. The summed E-state index contributed by atoms with van der Waals surface area (Å²) in [4.78, 5) is 13.9. The quantitative estimate of drug-likeness (QED) is 0.624. The molecule has 1 unspecified atom stereocenters. The maximum atomic E-state index is 11.5. The van der Waals surface area contributed by atoms with Gasteiger partial charge in [-0.1, -0.05) is 17.7 Å². The molecule has 0 amide bonds. The summed E-state index contributed by atoms with van der Waals surface area (Å²) in [5.41, 5.74) is 8.16. The van der Waals surface area contributed by atoms with Crippen LogP contribution in [-0.2, 0) is 9.53 Å². The molecule has 4 nitrogen and oxygen atoms in total. The molecule has 0 radical (unpaired) electrons. The van der Waals surface area contributed by atoms with Gasteiger partial charge < -0.3 is 15.4 Å². The minimum atomic E-state index is -0.605. The maximum Gasteiger partial charge on any atom is 0.323 e. The fourth-order valence-electron chi connectivity index (χ4n) is 2.74. The van der Waals surface area contributed by atoms with Crippen LogP contribution in [0.1, 0.15) is 24.8 Å². The van der Waals surface area contributed by atoms with Crippen LogP contribution >= 0.6 is 12.6 Å². The summed E-state index contributed by atoms with van der Waals surface area (Å²) in [6.07, 6.45) is 3.21. The first-order valence-corrected chi connectivity index (χ1v) is 8.58. The van der Waals surface area contributed by atoms with Crippen LogP contribution < -0.4 is 10.6 Å². The summed E-state index contributed by atoms with van der Waals surface area (Å²) in [6.45, 7) is 4.71. The highest BCUT2D eigenvalue weighted by Gasteiger charge is 2.20. The predicted octanol–water partition coefficient (Wildman–Crippen LogP) is 2.40. The van der Waals surface area contributed by atoms with Crippen LogP contribution in [0, 0.1) is 12.8 Å². The van der Waals surface area contributed by atoms with Gasteiger partial charge in [-0.15, -0.1) is 0 Å². The molecule has 1 aromatic rings. The number of piperidine rings is 1. The van der Waals surface area contributed by atoms with E-state index in [4.69, 9.17) is 10.5 Å². The second kappa shape index (κ2) is 8.44. The highest BCUT2D eigenvalue weighted by molar-refractivity contribution is 7.80. The van der Waals surface area contributed by atoms with E-state index in [2.05, 4.69) is 48.7 Å². The van der Waals surface area contributed by atoms with Gasteiger partial charge in [-0.05, 0) is 44.2 Å². The third kappa shape index (κ3) is 4.92. The van der Waals surface area contributed by atoms with E-state index in [0.29, 0.717) is 18.3 Å². The van der Waals surface area contributed by atoms with Crippen molar-refractivity contribution in [2.45, 2.75) is 32.2 Å². The second-order valence-corrected chi connectivity index (χ2v) is 6.38. The third-order valence-corrected chi connectivity index (χ3v) is 4.68. The molecule has 0 aliphatic carbocycles. The number of rotatable bonds is 6. The molecule has 1 atom stereocenters. The maximum absolute atomic E-state index is 11.5. The molecule has 1 heterocycles. The van der Waals surface area contributed by atoms with Crippen LogP contribution in [0.4, 0.5) is 5.69 Å². The highest BCUT2D eigenvalue weighted by Crippen LogP contribution is 2.25. The molecule has 1 aliphatic rings. The number of carbonyl (C=O) groups is 1. The predicted molar refractivity (Wildman–Crippen MR) is 93.5 cm³/mol. The van der Waals surface area contributed by atoms with Gasteiger partial charge in [-0.3, -0.25) is 4.79 Å². The van der Waals surface area contributed by atoms with Crippen LogP contribution in [0.25, 0.3) is 0 Å². The zero-order valence-electron chi connectivity index (χ0n) is 13.2.